The van der Waals surface area contributed by atoms with E-state index in [9.17, 15) is 0 Å². The maximum atomic E-state index is 7.89. The molecule has 0 saturated carbocycles. The van der Waals surface area contributed by atoms with E-state index in [4.69, 9.17) is 5.73 Å². The van der Waals surface area contributed by atoms with Crippen molar-refractivity contribution in [2.45, 2.75) is 13.3 Å². The minimum absolute atomic E-state index is 0.913. The first-order valence-corrected chi connectivity index (χ1v) is 1.71. The third-order valence-corrected chi connectivity index (χ3v) is 0.341. The summed E-state index contributed by atoms with van der Waals surface area (Å²) >= 11 is 0. The SMILES string of the molecule is CC/C=C/[N]. The second kappa shape index (κ2) is 3.54. The highest BCUT2D eigenvalue weighted by molar-refractivity contribution is 4.71. The van der Waals surface area contributed by atoms with Crippen LogP contribution in [0.2, 0.25) is 0 Å². The van der Waals surface area contributed by atoms with Crippen LogP contribution in [-0.2, 0) is 0 Å². The van der Waals surface area contributed by atoms with Crippen molar-refractivity contribution in [3.63, 3.8) is 0 Å². The van der Waals surface area contributed by atoms with E-state index < -0.39 is 0 Å². The Kier molecular flexibility index (Phi) is 3.21. The monoisotopic (exact) mass is 69.1 g/mol. The van der Waals surface area contributed by atoms with Gasteiger partial charge in [-0.05, 0) is 6.42 Å². The first-order valence-electron chi connectivity index (χ1n) is 1.71. The molecule has 2 radical (unpaired) electrons. The summed E-state index contributed by atoms with van der Waals surface area (Å²) in [6.45, 7) is 1.96. The van der Waals surface area contributed by atoms with E-state index in [1.807, 2.05) is 6.92 Å². The summed E-state index contributed by atoms with van der Waals surface area (Å²) in [5, 5.41) is 0. The molecule has 0 rings (SSSR count). The van der Waals surface area contributed by atoms with Crippen LogP contribution in [0.3, 0.4) is 0 Å². The third kappa shape index (κ3) is 3.54. The fraction of sp³-hybridized carbons (Fsp3) is 0.500. The molecule has 0 fully saturated rings. The summed E-state index contributed by atoms with van der Waals surface area (Å²) < 4.78 is 0. The predicted octanol–water partition coefficient (Wildman–Crippen LogP) is 0.979. The van der Waals surface area contributed by atoms with Crippen LogP contribution < -0.4 is 5.73 Å². The summed E-state index contributed by atoms with van der Waals surface area (Å²) in [5.74, 6) is 0. The summed E-state index contributed by atoms with van der Waals surface area (Å²) in [7, 11) is 0. The lowest BCUT2D eigenvalue weighted by Crippen LogP contribution is -1.51. The van der Waals surface area contributed by atoms with E-state index in [1.54, 1.807) is 6.08 Å². The second-order valence-corrected chi connectivity index (χ2v) is 0.793. The molecule has 0 spiro atoms. The normalized spacial score (nSPS) is 9.80. The van der Waals surface area contributed by atoms with Crippen LogP contribution in [0.1, 0.15) is 13.3 Å². The second-order valence-electron chi connectivity index (χ2n) is 0.793. The van der Waals surface area contributed by atoms with Gasteiger partial charge >= 0.3 is 0 Å². The van der Waals surface area contributed by atoms with Crippen molar-refractivity contribution in [3.8, 4) is 0 Å². The Morgan fingerprint density at radius 2 is 2.40 bits per heavy atom. The molecule has 0 aromatic carbocycles. The smallest absolute Gasteiger partial charge is 0.0455 e. The lowest BCUT2D eigenvalue weighted by atomic mass is 10.5. The molecule has 0 aromatic heterocycles. The van der Waals surface area contributed by atoms with Crippen molar-refractivity contribution < 1.29 is 0 Å². The van der Waals surface area contributed by atoms with Crippen LogP contribution in [0, 0.1) is 0 Å². The standard InChI is InChI=1S/C4H7N/c1-2-3-4-5/h3-4H,2H2,1H3/b4-3+. The molecule has 28 valence electrons. The van der Waals surface area contributed by atoms with Crippen molar-refractivity contribution in [2.24, 2.45) is 0 Å². The molecule has 0 aliphatic rings. The molecule has 0 aromatic rings. The van der Waals surface area contributed by atoms with Crippen molar-refractivity contribution in [1.29, 1.82) is 0 Å². The van der Waals surface area contributed by atoms with Gasteiger partial charge in [-0.1, -0.05) is 13.0 Å². The fourth-order valence-corrected chi connectivity index (χ4v) is 0.105. The van der Waals surface area contributed by atoms with E-state index in [1.165, 1.54) is 0 Å². The van der Waals surface area contributed by atoms with Gasteiger partial charge in [0.05, 0.1) is 0 Å². The molecule has 0 bridgehead atoms. The topological polar surface area (TPSA) is 22.3 Å². The molecular weight excluding hydrogens is 62.1 g/mol. The van der Waals surface area contributed by atoms with E-state index in [0.29, 0.717) is 0 Å². The van der Waals surface area contributed by atoms with Gasteiger partial charge in [-0.15, -0.1) is 0 Å². The molecule has 0 saturated heterocycles. The molecule has 0 aliphatic heterocycles. The number of allylic oxidation sites excluding steroid dienone is 1. The van der Waals surface area contributed by atoms with Crippen LogP contribution in [0.5, 0.6) is 0 Å². The Balaban J connectivity index is 2.62. The van der Waals surface area contributed by atoms with Crippen LogP contribution in [0.4, 0.5) is 0 Å². The average Bonchev–Trinajstić information content (AvgIpc) is 1.41. The van der Waals surface area contributed by atoms with Crippen molar-refractivity contribution >= 4 is 0 Å². The summed E-state index contributed by atoms with van der Waals surface area (Å²) in [4.78, 5) is 0. The van der Waals surface area contributed by atoms with Gasteiger partial charge in [-0.25, -0.2) is 0 Å². The van der Waals surface area contributed by atoms with Crippen molar-refractivity contribution in [3.05, 3.63) is 12.3 Å². The largest absolute Gasteiger partial charge is 0.160 e. The van der Waals surface area contributed by atoms with Gasteiger partial charge in [0.2, 0.25) is 0 Å². The molecular formula is C4H7N. The molecule has 0 unspecified atom stereocenters. The minimum Gasteiger partial charge on any atom is -0.160 e. The average molecular weight is 69.1 g/mol. The first-order chi connectivity index (χ1) is 2.41. The molecule has 1 nitrogen and oxygen atoms in total. The molecule has 5 heavy (non-hydrogen) atoms. The van der Waals surface area contributed by atoms with Crippen LogP contribution in [-0.4, -0.2) is 0 Å². The van der Waals surface area contributed by atoms with Gasteiger partial charge in [0.1, 0.15) is 0 Å². The number of rotatable bonds is 1. The highest BCUT2D eigenvalue weighted by Gasteiger charge is 1.54. The van der Waals surface area contributed by atoms with E-state index >= 15 is 0 Å². The Bertz CT molecular complexity index is 30.6. The predicted molar refractivity (Wildman–Crippen MR) is 21.6 cm³/mol. The molecule has 0 amide bonds. The quantitative estimate of drug-likeness (QED) is 0.438. The van der Waals surface area contributed by atoms with Gasteiger partial charge in [0.15, 0.2) is 0 Å². The zero-order valence-corrected chi connectivity index (χ0v) is 3.31. The maximum absolute atomic E-state index is 7.89. The fourth-order valence-electron chi connectivity index (χ4n) is 0.105. The zero-order valence-electron chi connectivity index (χ0n) is 3.31. The van der Waals surface area contributed by atoms with Crippen LogP contribution >= 0.6 is 0 Å². The highest BCUT2D eigenvalue weighted by Crippen LogP contribution is 1.70. The summed E-state index contributed by atoms with van der Waals surface area (Å²) in [6, 6.07) is 0. The Labute approximate surface area is 32.5 Å². The summed E-state index contributed by atoms with van der Waals surface area (Å²) in [6.07, 6.45) is 3.65. The molecule has 1 heteroatoms. The van der Waals surface area contributed by atoms with Crippen LogP contribution in [0.25, 0.3) is 0 Å². The number of nitrogens with zero attached hydrogens (tertiary/aromatic N) is 1. The van der Waals surface area contributed by atoms with E-state index in [0.717, 1.165) is 12.6 Å². The minimum atomic E-state index is 0.913. The van der Waals surface area contributed by atoms with Crippen molar-refractivity contribution in [1.82, 2.24) is 5.73 Å². The molecule has 0 aliphatic carbocycles. The molecule has 0 N–H and O–H groups in total. The van der Waals surface area contributed by atoms with Crippen LogP contribution in [0.15, 0.2) is 12.3 Å². The lowest BCUT2D eigenvalue weighted by molar-refractivity contribution is 1.21. The van der Waals surface area contributed by atoms with Crippen molar-refractivity contribution in [2.75, 3.05) is 0 Å². The Hall–Kier alpha value is -0.460. The molecule has 0 heterocycles. The van der Waals surface area contributed by atoms with E-state index in [2.05, 4.69) is 0 Å². The van der Waals surface area contributed by atoms with Gasteiger partial charge in [0, 0.05) is 6.20 Å². The van der Waals surface area contributed by atoms with Gasteiger partial charge in [-0.2, -0.15) is 5.73 Å². The lowest BCUT2D eigenvalue weighted by Gasteiger charge is -1.62. The Morgan fingerprint density at radius 1 is 1.80 bits per heavy atom. The zero-order chi connectivity index (χ0) is 4.12. The van der Waals surface area contributed by atoms with E-state index in [-0.39, 0.29) is 0 Å². The molecule has 0 atom stereocenters. The maximum Gasteiger partial charge on any atom is 0.0455 e. The third-order valence-electron chi connectivity index (χ3n) is 0.341. The highest BCUT2D eigenvalue weighted by atomic mass is 14.5. The number of hydrogen-bond acceptors (Lipinski definition) is 0. The number of hydrogen-bond donors (Lipinski definition) is 0. The van der Waals surface area contributed by atoms with Gasteiger partial charge < -0.3 is 0 Å². The summed E-state index contributed by atoms with van der Waals surface area (Å²) in [5.41, 5.74) is 7.89. The van der Waals surface area contributed by atoms with Gasteiger partial charge in [-0.3, -0.25) is 0 Å². The first kappa shape index (κ1) is 4.54. The Morgan fingerprint density at radius 3 is 2.40 bits per heavy atom. The van der Waals surface area contributed by atoms with Gasteiger partial charge in [0.25, 0.3) is 0 Å².